The maximum atomic E-state index is 11.8. The second-order valence-corrected chi connectivity index (χ2v) is 5.99. The maximum Gasteiger partial charge on any atom is 0.220 e. The van der Waals surface area contributed by atoms with E-state index in [0.717, 1.165) is 38.4 Å². The van der Waals surface area contributed by atoms with Crippen LogP contribution in [0.15, 0.2) is 11.6 Å². The molecule has 19 heavy (non-hydrogen) atoms. The van der Waals surface area contributed by atoms with Gasteiger partial charge in [-0.25, -0.2) is 0 Å². The Morgan fingerprint density at radius 2 is 2.16 bits per heavy atom. The SMILES string of the molecule is O=C(CCCC1CCCCC1)NCC1=CCNCC1. The van der Waals surface area contributed by atoms with Crippen LogP contribution in [0.4, 0.5) is 0 Å². The van der Waals surface area contributed by atoms with Crippen LogP contribution in [0.5, 0.6) is 0 Å². The molecule has 0 aromatic rings. The number of amides is 1. The van der Waals surface area contributed by atoms with Gasteiger partial charge in [-0.05, 0) is 31.7 Å². The minimum Gasteiger partial charge on any atom is -0.352 e. The molecule has 0 atom stereocenters. The van der Waals surface area contributed by atoms with Crippen molar-refractivity contribution in [2.24, 2.45) is 5.92 Å². The summed E-state index contributed by atoms with van der Waals surface area (Å²) in [6.07, 6.45) is 13.3. The fourth-order valence-electron chi connectivity index (χ4n) is 3.16. The van der Waals surface area contributed by atoms with Gasteiger partial charge in [0.1, 0.15) is 0 Å². The average Bonchev–Trinajstić information content (AvgIpc) is 2.47. The van der Waals surface area contributed by atoms with Gasteiger partial charge >= 0.3 is 0 Å². The molecule has 1 fully saturated rings. The van der Waals surface area contributed by atoms with Gasteiger partial charge in [-0.3, -0.25) is 4.79 Å². The molecule has 1 amide bonds. The number of hydrogen-bond acceptors (Lipinski definition) is 2. The normalized spacial score (nSPS) is 20.9. The van der Waals surface area contributed by atoms with Crippen LogP contribution in [-0.2, 0) is 4.79 Å². The van der Waals surface area contributed by atoms with Crippen molar-refractivity contribution >= 4 is 5.91 Å². The molecule has 108 valence electrons. The van der Waals surface area contributed by atoms with Crippen LogP contribution in [0.3, 0.4) is 0 Å². The maximum absolute atomic E-state index is 11.8. The lowest BCUT2D eigenvalue weighted by Crippen LogP contribution is -2.29. The molecule has 1 saturated carbocycles. The first-order valence-electron chi connectivity index (χ1n) is 8.00. The lowest BCUT2D eigenvalue weighted by atomic mass is 9.86. The molecular weight excluding hydrogens is 236 g/mol. The molecule has 2 rings (SSSR count). The number of hydrogen-bond donors (Lipinski definition) is 2. The van der Waals surface area contributed by atoms with Crippen LogP contribution in [0.2, 0.25) is 0 Å². The highest BCUT2D eigenvalue weighted by atomic mass is 16.1. The van der Waals surface area contributed by atoms with Gasteiger partial charge in [0.25, 0.3) is 0 Å². The minimum atomic E-state index is 0.232. The topological polar surface area (TPSA) is 41.1 Å². The molecule has 1 heterocycles. The fraction of sp³-hybridized carbons (Fsp3) is 0.812. The Morgan fingerprint density at radius 1 is 1.32 bits per heavy atom. The Balaban J connectivity index is 1.52. The van der Waals surface area contributed by atoms with E-state index >= 15 is 0 Å². The van der Waals surface area contributed by atoms with Crippen molar-refractivity contribution in [3.8, 4) is 0 Å². The summed E-state index contributed by atoms with van der Waals surface area (Å²) >= 11 is 0. The van der Waals surface area contributed by atoms with Crippen molar-refractivity contribution in [3.63, 3.8) is 0 Å². The van der Waals surface area contributed by atoms with Crippen molar-refractivity contribution in [1.82, 2.24) is 10.6 Å². The molecule has 0 unspecified atom stereocenters. The molecule has 0 aromatic carbocycles. The second kappa shape index (κ2) is 8.36. The van der Waals surface area contributed by atoms with Gasteiger partial charge in [0, 0.05) is 19.5 Å². The number of carbonyl (C=O) groups excluding carboxylic acids is 1. The van der Waals surface area contributed by atoms with Crippen LogP contribution in [-0.4, -0.2) is 25.5 Å². The first-order chi connectivity index (χ1) is 9.34. The molecule has 0 saturated heterocycles. The molecule has 0 aromatic heterocycles. The van der Waals surface area contributed by atoms with Crippen LogP contribution in [0.25, 0.3) is 0 Å². The number of carbonyl (C=O) groups is 1. The van der Waals surface area contributed by atoms with Crippen molar-refractivity contribution in [2.75, 3.05) is 19.6 Å². The number of nitrogens with one attached hydrogen (secondary N) is 2. The van der Waals surface area contributed by atoms with Gasteiger partial charge in [0.05, 0.1) is 0 Å². The van der Waals surface area contributed by atoms with E-state index in [1.165, 1.54) is 44.1 Å². The first-order valence-corrected chi connectivity index (χ1v) is 8.00. The molecule has 1 aliphatic heterocycles. The van der Waals surface area contributed by atoms with Gasteiger partial charge in [-0.15, -0.1) is 0 Å². The standard InChI is InChI=1S/C16H28N2O/c19-16(18-13-15-9-11-17-12-10-15)8-4-7-14-5-2-1-3-6-14/h9,14,17H,1-8,10-13H2,(H,18,19). The zero-order valence-electron chi connectivity index (χ0n) is 12.0. The van der Waals surface area contributed by atoms with Crippen LogP contribution >= 0.6 is 0 Å². The molecule has 3 heteroatoms. The first kappa shape index (κ1) is 14.6. The summed E-state index contributed by atoms with van der Waals surface area (Å²) in [7, 11) is 0. The predicted molar refractivity (Wildman–Crippen MR) is 79.0 cm³/mol. The molecule has 0 spiro atoms. The summed E-state index contributed by atoms with van der Waals surface area (Å²) in [5.74, 6) is 1.13. The molecular formula is C16H28N2O. The third kappa shape index (κ3) is 5.77. The molecule has 0 radical (unpaired) electrons. The van der Waals surface area contributed by atoms with Crippen LogP contribution in [0, 0.1) is 5.92 Å². The summed E-state index contributed by atoms with van der Waals surface area (Å²) in [5.41, 5.74) is 1.37. The third-order valence-corrected chi connectivity index (χ3v) is 4.41. The molecule has 0 bridgehead atoms. The fourth-order valence-corrected chi connectivity index (χ4v) is 3.16. The summed E-state index contributed by atoms with van der Waals surface area (Å²) in [5, 5.41) is 6.34. The van der Waals surface area contributed by atoms with Gasteiger partial charge < -0.3 is 10.6 Å². The summed E-state index contributed by atoms with van der Waals surface area (Å²) in [6.45, 7) is 2.75. The van der Waals surface area contributed by atoms with E-state index in [-0.39, 0.29) is 5.91 Å². The van der Waals surface area contributed by atoms with Crippen molar-refractivity contribution in [2.45, 2.75) is 57.8 Å². The summed E-state index contributed by atoms with van der Waals surface area (Å²) < 4.78 is 0. The largest absolute Gasteiger partial charge is 0.352 e. The lowest BCUT2D eigenvalue weighted by Gasteiger charge is -2.21. The summed E-state index contributed by atoms with van der Waals surface area (Å²) in [6, 6.07) is 0. The third-order valence-electron chi connectivity index (χ3n) is 4.41. The van der Waals surface area contributed by atoms with Crippen LogP contribution < -0.4 is 10.6 Å². The van der Waals surface area contributed by atoms with E-state index in [1.807, 2.05) is 0 Å². The zero-order valence-corrected chi connectivity index (χ0v) is 12.0. The average molecular weight is 264 g/mol. The van der Waals surface area contributed by atoms with E-state index in [1.54, 1.807) is 0 Å². The highest BCUT2D eigenvalue weighted by Gasteiger charge is 2.13. The van der Waals surface area contributed by atoms with Crippen molar-refractivity contribution in [3.05, 3.63) is 11.6 Å². The molecule has 1 aliphatic carbocycles. The Hall–Kier alpha value is -0.830. The van der Waals surface area contributed by atoms with Gasteiger partial charge in [0.15, 0.2) is 0 Å². The second-order valence-electron chi connectivity index (χ2n) is 5.99. The van der Waals surface area contributed by atoms with E-state index < -0.39 is 0 Å². The van der Waals surface area contributed by atoms with Gasteiger partial charge in [-0.2, -0.15) is 0 Å². The lowest BCUT2D eigenvalue weighted by molar-refractivity contribution is -0.121. The van der Waals surface area contributed by atoms with E-state index in [0.29, 0.717) is 6.42 Å². The molecule has 2 N–H and O–H groups in total. The monoisotopic (exact) mass is 264 g/mol. The van der Waals surface area contributed by atoms with Gasteiger partial charge in [0.2, 0.25) is 5.91 Å². The zero-order chi connectivity index (χ0) is 13.3. The highest BCUT2D eigenvalue weighted by Crippen LogP contribution is 2.27. The van der Waals surface area contributed by atoms with Crippen LogP contribution in [0.1, 0.15) is 57.8 Å². The highest BCUT2D eigenvalue weighted by molar-refractivity contribution is 5.76. The smallest absolute Gasteiger partial charge is 0.220 e. The Labute approximate surface area is 117 Å². The van der Waals surface area contributed by atoms with Gasteiger partial charge in [-0.1, -0.05) is 43.8 Å². The Kier molecular flexibility index (Phi) is 6.42. The van der Waals surface area contributed by atoms with Crippen molar-refractivity contribution < 1.29 is 4.79 Å². The number of rotatable bonds is 6. The predicted octanol–water partition coefficient (Wildman–Crippen LogP) is 2.77. The Bertz CT molecular complexity index is 306. The summed E-state index contributed by atoms with van der Waals surface area (Å²) in [4.78, 5) is 11.8. The molecule has 2 aliphatic rings. The minimum absolute atomic E-state index is 0.232. The quantitative estimate of drug-likeness (QED) is 0.724. The van der Waals surface area contributed by atoms with E-state index in [9.17, 15) is 4.79 Å². The van der Waals surface area contributed by atoms with Crippen molar-refractivity contribution in [1.29, 1.82) is 0 Å². The Morgan fingerprint density at radius 3 is 2.89 bits per heavy atom. The van der Waals surface area contributed by atoms with E-state index in [2.05, 4.69) is 16.7 Å². The van der Waals surface area contributed by atoms with E-state index in [4.69, 9.17) is 0 Å². The molecule has 3 nitrogen and oxygen atoms in total.